The number of piperazine rings is 1. The first-order valence-corrected chi connectivity index (χ1v) is 6.20. The molecule has 1 aliphatic heterocycles. The number of nitrogens with zero attached hydrogens (tertiary/aromatic N) is 1. The van der Waals surface area contributed by atoms with Crippen molar-refractivity contribution in [3.63, 3.8) is 0 Å². The molecule has 1 aromatic carbocycles. The lowest BCUT2D eigenvalue weighted by Gasteiger charge is -2.33. The monoisotopic (exact) mass is 312 g/mol. The zero-order valence-electron chi connectivity index (χ0n) is 11.0. The Labute approximate surface area is 121 Å². The van der Waals surface area contributed by atoms with Crippen molar-refractivity contribution in [2.24, 2.45) is 0 Å². The van der Waals surface area contributed by atoms with Crippen molar-refractivity contribution in [2.45, 2.75) is 19.1 Å². The zero-order valence-corrected chi connectivity index (χ0v) is 11.8. The van der Waals surface area contributed by atoms with Crippen LogP contribution in [0.4, 0.5) is 17.6 Å². The van der Waals surface area contributed by atoms with Gasteiger partial charge in [0.15, 0.2) is 0 Å². The van der Waals surface area contributed by atoms with Crippen LogP contribution in [0.2, 0.25) is 0 Å². The maximum absolute atomic E-state index is 13.4. The molecule has 0 radical (unpaired) electrons. The van der Waals surface area contributed by atoms with Crippen LogP contribution in [-0.2, 0) is 6.18 Å². The van der Waals surface area contributed by atoms with Crippen LogP contribution in [0.25, 0.3) is 0 Å². The number of benzene rings is 1. The van der Waals surface area contributed by atoms with Crippen LogP contribution < -0.4 is 5.32 Å². The van der Waals surface area contributed by atoms with Gasteiger partial charge in [0.05, 0.1) is 5.56 Å². The minimum absolute atomic E-state index is 0. The first-order valence-electron chi connectivity index (χ1n) is 6.20. The van der Waals surface area contributed by atoms with E-state index in [1.54, 1.807) is 6.92 Å². The van der Waals surface area contributed by atoms with Gasteiger partial charge in [-0.1, -0.05) is 0 Å². The van der Waals surface area contributed by atoms with Crippen molar-refractivity contribution in [3.05, 3.63) is 35.1 Å². The maximum Gasteiger partial charge on any atom is 0.416 e. The van der Waals surface area contributed by atoms with E-state index in [4.69, 9.17) is 0 Å². The summed E-state index contributed by atoms with van der Waals surface area (Å²) < 4.78 is 51.3. The third kappa shape index (κ3) is 4.07. The van der Waals surface area contributed by atoms with E-state index < -0.39 is 17.6 Å². The van der Waals surface area contributed by atoms with Crippen LogP contribution >= 0.6 is 12.4 Å². The molecule has 20 heavy (non-hydrogen) atoms. The lowest BCUT2D eigenvalue weighted by Crippen LogP contribution is -2.44. The van der Waals surface area contributed by atoms with E-state index in [9.17, 15) is 17.6 Å². The van der Waals surface area contributed by atoms with Gasteiger partial charge in [-0.25, -0.2) is 4.39 Å². The van der Waals surface area contributed by atoms with E-state index in [-0.39, 0.29) is 18.4 Å². The molecule has 1 atom stereocenters. The fraction of sp³-hybridized carbons (Fsp3) is 0.538. The Balaban J connectivity index is 0.00000200. The Kier molecular flexibility index (Phi) is 5.79. The van der Waals surface area contributed by atoms with Gasteiger partial charge in [0, 0.05) is 32.2 Å². The van der Waals surface area contributed by atoms with E-state index in [0.29, 0.717) is 11.6 Å². The van der Waals surface area contributed by atoms with Gasteiger partial charge in [-0.05, 0) is 30.7 Å². The molecule has 0 amide bonds. The highest BCUT2D eigenvalue weighted by molar-refractivity contribution is 5.85. The number of alkyl halides is 3. The maximum atomic E-state index is 13.4. The van der Waals surface area contributed by atoms with Gasteiger partial charge in [0.25, 0.3) is 0 Å². The Morgan fingerprint density at radius 3 is 2.30 bits per heavy atom. The van der Waals surface area contributed by atoms with E-state index in [2.05, 4.69) is 5.32 Å². The predicted octanol–water partition coefficient (Wildman–Crippen LogP) is 3.23. The molecule has 0 spiro atoms. The molecule has 1 aromatic rings. The van der Waals surface area contributed by atoms with Crippen molar-refractivity contribution in [2.75, 3.05) is 26.2 Å². The normalized spacial score (nSPS) is 18.4. The fourth-order valence-corrected chi connectivity index (χ4v) is 2.30. The molecular weight excluding hydrogens is 296 g/mol. The summed E-state index contributed by atoms with van der Waals surface area (Å²) in [6.07, 6.45) is -4.51. The van der Waals surface area contributed by atoms with Crippen molar-refractivity contribution < 1.29 is 17.6 Å². The molecule has 1 heterocycles. The van der Waals surface area contributed by atoms with Gasteiger partial charge in [0.2, 0.25) is 0 Å². The molecule has 0 aromatic heterocycles. The molecule has 7 heteroatoms. The highest BCUT2D eigenvalue weighted by Crippen LogP contribution is 2.32. The summed E-state index contributed by atoms with van der Waals surface area (Å²) in [7, 11) is 0. The fourth-order valence-electron chi connectivity index (χ4n) is 2.30. The van der Waals surface area contributed by atoms with Gasteiger partial charge in [-0.3, -0.25) is 4.90 Å². The van der Waals surface area contributed by atoms with Crippen molar-refractivity contribution in [3.8, 4) is 0 Å². The third-order valence-electron chi connectivity index (χ3n) is 3.43. The summed E-state index contributed by atoms with van der Waals surface area (Å²) in [5.74, 6) is -0.841. The van der Waals surface area contributed by atoms with Crippen LogP contribution in [0.15, 0.2) is 18.2 Å². The lowest BCUT2D eigenvalue weighted by atomic mass is 10.0. The molecule has 2 nitrogen and oxygen atoms in total. The molecule has 0 unspecified atom stereocenters. The van der Waals surface area contributed by atoms with Gasteiger partial charge >= 0.3 is 6.18 Å². The second-order valence-electron chi connectivity index (χ2n) is 4.73. The molecule has 1 aliphatic rings. The number of hydrogen-bond acceptors (Lipinski definition) is 2. The van der Waals surface area contributed by atoms with Crippen LogP contribution in [-0.4, -0.2) is 31.1 Å². The molecular formula is C13H17ClF4N2. The largest absolute Gasteiger partial charge is 0.416 e. The number of halogens is 5. The lowest BCUT2D eigenvalue weighted by molar-refractivity contribution is -0.137. The van der Waals surface area contributed by atoms with Gasteiger partial charge < -0.3 is 5.32 Å². The highest BCUT2D eigenvalue weighted by Gasteiger charge is 2.32. The standard InChI is InChI=1S/C13H16F4N2.ClH/c1-9(19-4-2-18-3-5-19)10-6-11(13(15,16)17)8-12(14)7-10;/h6-9,18H,2-5H2,1H3;1H/t9-;/m1./s1. The van der Waals surface area contributed by atoms with Crippen molar-refractivity contribution in [1.29, 1.82) is 0 Å². The summed E-state index contributed by atoms with van der Waals surface area (Å²) in [5, 5.41) is 3.17. The Morgan fingerprint density at radius 2 is 1.75 bits per heavy atom. The Bertz CT molecular complexity index is 444. The number of hydrogen-bond donors (Lipinski definition) is 1. The number of rotatable bonds is 2. The van der Waals surface area contributed by atoms with E-state index in [1.165, 1.54) is 6.07 Å². The Hall–Kier alpha value is -0.850. The summed E-state index contributed by atoms with van der Waals surface area (Å²) >= 11 is 0. The quantitative estimate of drug-likeness (QED) is 0.844. The average Bonchev–Trinajstić information content (AvgIpc) is 2.37. The van der Waals surface area contributed by atoms with Gasteiger partial charge in [0.1, 0.15) is 5.82 Å². The van der Waals surface area contributed by atoms with Crippen LogP contribution in [0.3, 0.4) is 0 Å². The summed E-state index contributed by atoms with van der Waals surface area (Å²) in [5.41, 5.74) is -0.557. The minimum atomic E-state index is -4.51. The molecule has 1 N–H and O–H groups in total. The molecule has 1 fully saturated rings. The van der Waals surface area contributed by atoms with E-state index in [1.807, 2.05) is 4.90 Å². The second kappa shape index (κ2) is 6.74. The molecule has 2 rings (SSSR count). The first kappa shape index (κ1) is 17.2. The molecule has 0 saturated carbocycles. The first-order chi connectivity index (χ1) is 8.88. The summed E-state index contributed by atoms with van der Waals surface area (Å²) in [6.45, 7) is 4.90. The minimum Gasteiger partial charge on any atom is -0.314 e. The van der Waals surface area contributed by atoms with Crippen LogP contribution in [0, 0.1) is 5.82 Å². The topological polar surface area (TPSA) is 15.3 Å². The molecule has 0 bridgehead atoms. The van der Waals surface area contributed by atoms with Gasteiger partial charge in [-0.15, -0.1) is 12.4 Å². The highest BCUT2D eigenvalue weighted by atomic mass is 35.5. The zero-order chi connectivity index (χ0) is 14.0. The van der Waals surface area contributed by atoms with Crippen LogP contribution in [0.1, 0.15) is 24.1 Å². The van der Waals surface area contributed by atoms with E-state index >= 15 is 0 Å². The summed E-state index contributed by atoms with van der Waals surface area (Å²) in [4.78, 5) is 2.05. The molecule has 0 aliphatic carbocycles. The van der Waals surface area contributed by atoms with Crippen molar-refractivity contribution in [1.82, 2.24) is 10.2 Å². The third-order valence-corrected chi connectivity index (χ3v) is 3.43. The smallest absolute Gasteiger partial charge is 0.314 e. The second-order valence-corrected chi connectivity index (χ2v) is 4.73. The Morgan fingerprint density at radius 1 is 1.15 bits per heavy atom. The average molecular weight is 313 g/mol. The predicted molar refractivity (Wildman–Crippen MR) is 71.5 cm³/mol. The molecule has 114 valence electrons. The van der Waals surface area contributed by atoms with E-state index in [0.717, 1.165) is 32.2 Å². The van der Waals surface area contributed by atoms with Crippen LogP contribution in [0.5, 0.6) is 0 Å². The van der Waals surface area contributed by atoms with Crippen molar-refractivity contribution >= 4 is 12.4 Å². The van der Waals surface area contributed by atoms with Gasteiger partial charge in [-0.2, -0.15) is 13.2 Å². The number of nitrogens with one attached hydrogen (secondary N) is 1. The SMILES string of the molecule is C[C@H](c1cc(F)cc(C(F)(F)F)c1)N1CCNCC1.Cl. The molecule has 1 saturated heterocycles. The summed E-state index contributed by atoms with van der Waals surface area (Å²) in [6, 6.07) is 2.53.